The van der Waals surface area contributed by atoms with Crippen molar-refractivity contribution < 1.29 is 22.4 Å². The molecular formula is C16H17N3O5S2. The Kier molecular flexibility index (Phi) is 5.37. The average molecular weight is 395 g/mol. The number of hydrogen-bond donors (Lipinski definition) is 1. The summed E-state index contributed by atoms with van der Waals surface area (Å²) in [5, 5.41) is 5.20. The molecule has 2 N–H and O–H groups in total. The van der Waals surface area contributed by atoms with Gasteiger partial charge in [-0.25, -0.2) is 13.6 Å². The van der Waals surface area contributed by atoms with Crippen LogP contribution in [0.25, 0.3) is 10.2 Å². The number of hydrogen-bond acceptors (Lipinski definition) is 6. The normalized spacial score (nSPS) is 12.8. The van der Waals surface area contributed by atoms with Crippen molar-refractivity contribution in [3.63, 3.8) is 0 Å². The van der Waals surface area contributed by atoms with E-state index in [9.17, 15) is 13.2 Å². The summed E-state index contributed by atoms with van der Waals surface area (Å²) in [4.78, 5) is 16.8. The Morgan fingerprint density at radius 3 is 2.85 bits per heavy atom. The molecule has 0 saturated heterocycles. The molecule has 8 nitrogen and oxygen atoms in total. The van der Waals surface area contributed by atoms with Crippen LogP contribution < -0.4 is 9.94 Å². The Hall–Kier alpha value is -2.27. The molecule has 0 aliphatic heterocycles. The van der Waals surface area contributed by atoms with Crippen LogP contribution >= 0.6 is 11.3 Å². The van der Waals surface area contributed by atoms with Gasteiger partial charge in [-0.3, -0.25) is 4.79 Å². The van der Waals surface area contributed by atoms with Gasteiger partial charge in [0.05, 0.1) is 28.0 Å². The second kappa shape index (κ2) is 7.54. The quantitative estimate of drug-likeness (QED) is 0.638. The fourth-order valence-electron chi connectivity index (χ4n) is 2.37. The van der Waals surface area contributed by atoms with Gasteiger partial charge in [0.1, 0.15) is 0 Å². The van der Waals surface area contributed by atoms with Gasteiger partial charge < -0.3 is 13.7 Å². The third kappa shape index (κ3) is 3.93. The Labute approximate surface area is 153 Å². The lowest BCUT2D eigenvalue weighted by Gasteiger charge is -2.05. The molecule has 0 aliphatic rings. The molecular weight excluding hydrogens is 378 g/mol. The lowest BCUT2D eigenvalue weighted by atomic mass is 10.3. The molecule has 3 rings (SSSR count). The lowest BCUT2D eigenvalue weighted by molar-refractivity contribution is 0.0970. The van der Waals surface area contributed by atoms with Gasteiger partial charge >= 0.3 is 5.91 Å². The summed E-state index contributed by atoms with van der Waals surface area (Å²) in [6.45, 7) is 3.35. The summed E-state index contributed by atoms with van der Waals surface area (Å²) in [7, 11) is -3.82. The number of carbonyl (C=O) groups excluding carboxylic acids is 1. The van der Waals surface area contributed by atoms with E-state index < -0.39 is 15.9 Å². The summed E-state index contributed by atoms with van der Waals surface area (Å²) < 4.78 is 36.1. The lowest BCUT2D eigenvalue weighted by Crippen LogP contribution is -2.19. The second-order valence-electron chi connectivity index (χ2n) is 5.30. The van der Waals surface area contributed by atoms with Crippen molar-refractivity contribution in [2.45, 2.75) is 18.4 Å². The number of nitrogens with zero attached hydrogens (tertiary/aromatic N) is 2. The molecule has 3 aromatic rings. The van der Waals surface area contributed by atoms with Crippen molar-refractivity contribution in [2.24, 2.45) is 10.1 Å². The van der Waals surface area contributed by atoms with Crippen LogP contribution in [0.15, 0.2) is 50.9 Å². The fourth-order valence-corrected chi connectivity index (χ4v) is 4.08. The highest BCUT2D eigenvalue weighted by Crippen LogP contribution is 2.21. The highest BCUT2D eigenvalue weighted by molar-refractivity contribution is 7.89. The molecule has 0 atom stereocenters. The van der Waals surface area contributed by atoms with E-state index >= 15 is 0 Å². The first-order chi connectivity index (χ1) is 12.4. The molecule has 0 bridgehead atoms. The minimum atomic E-state index is -3.82. The first-order valence-corrected chi connectivity index (χ1v) is 10.1. The zero-order valence-electron chi connectivity index (χ0n) is 13.9. The van der Waals surface area contributed by atoms with E-state index in [1.54, 1.807) is 12.1 Å². The minimum absolute atomic E-state index is 0.00659. The number of ether oxygens (including phenoxy) is 1. The molecule has 138 valence electrons. The molecule has 0 radical (unpaired) electrons. The van der Waals surface area contributed by atoms with Crippen LogP contribution in [0.5, 0.6) is 0 Å². The number of aromatic nitrogens is 1. The van der Waals surface area contributed by atoms with E-state index in [2.05, 4.69) is 4.99 Å². The number of nitrogens with two attached hydrogens (primary N) is 1. The van der Waals surface area contributed by atoms with Crippen molar-refractivity contribution in [2.75, 3.05) is 13.2 Å². The summed E-state index contributed by atoms with van der Waals surface area (Å²) in [5.41, 5.74) is 0.744. The van der Waals surface area contributed by atoms with Gasteiger partial charge in [-0.2, -0.15) is 4.99 Å². The van der Waals surface area contributed by atoms with E-state index in [1.807, 2.05) is 11.5 Å². The second-order valence-corrected chi connectivity index (χ2v) is 7.87. The largest absolute Gasteiger partial charge is 0.459 e. The molecule has 26 heavy (non-hydrogen) atoms. The summed E-state index contributed by atoms with van der Waals surface area (Å²) in [6, 6.07) is 7.69. The van der Waals surface area contributed by atoms with Gasteiger partial charge in [0.15, 0.2) is 10.6 Å². The van der Waals surface area contributed by atoms with Crippen LogP contribution in [0.3, 0.4) is 0 Å². The number of sulfonamides is 1. The molecule has 0 unspecified atom stereocenters. The average Bonchev–Trinajstić information content (AvgIpc) is 3.22. The molecule has 0 saturated carbocycles. The van der Waals surface area contributed by atoms with Crippen molar-refractivity contribution in [1.29, 1.82) is 0 Å². The van der Waals surface area contributed by atoms with Crippen LogP contribution in [-0.4, -0.2) is 32.1 Å². The van der Waals surface area contributed by atoms with Crippen molar-refractivity contribution in [3.8, 4) is 0 Å². The Balaban J connectivity index is 2.13. The van der Waals surface area contributed by atoms with Crippen LogP contribution in [0.1, 0.15) is 17.5 Å². The topological polar surface area (TPSA) is 117 Å². The number of amides is 1. The van der Waals surface area contributed by atoms with Gasteiger partial charge in [0, 0.05) is 13.2 Å². The van der Waals surface area contributed by atoms with Crippen LogP contribution in [-0.2, 0) is 21.3 Å². The number of rotatable bonds is 6. The number of thiazole rings is 1. The van der Waals surface area contributed by atoms with Crippen molar-refractivity contribution in [1.82, 2.24) is 4.57 Å². The molecule has 0 aliphatic carbocycles. The smallest absolute Gasteiger partial charge is 0.315 e. The highest BCUT2D eigenvalue weighted by Gasteiger charge is 2.14. The number of carbonyl (C=O) groups is 1. The van der Waals surface area contributed by atoms with E-state index in [4.69, 9.17) is 14.3 Å². The molecule has 2 aromatic heterocycles. The third-order valence-corrected chi connectivity index (χ3v) is 5.53. The Morgan fingerprint density at radius 2 is 2.19 bits per heavy atom. The molecule has 10 heteroatoms. The van der Waals surface area contributed by atoms with E-state index in [1.165, 1.54) is 35.8 Å². The number of furan rings is 1. The van der Waals surface area contributed by atoms with Gasteiger partial charge in [-0.1, -0.05) is 11.3 Å². The summed E-state index contributed by atoms with van der Waals surface area (Å²) in [6.07, 6.45) is 1.40. The number of fused-ring (bicyclic) bond motifs is 1. The van der Waals surface area contributed by atoms with E-state index in [-0.39, 0.29) is 10.7 Å². The standard InChI is InChI=1S/C16H17N3O5S2/c1-2-23-9-7-19-12-6-5-11(26(17,21)22)10-14(12)25-16(19)18-15(20)13-4-3-8-24-13/h3-6,8,10H,2,7,9H2,1H3,(H2,17,21,22). The van der Waals surface area contributed by atoms with E-state index in [0.717, 1.165) is 5.52 Å². The zero-order chi connectivity index (χ0) is 18.7. The predicted octanol–water partition coefficient (Wildman–Crippen LogP) is 1.72. The maximum atomic E-state index is 12.2. The molecule has 1 aromatic carbocycles. The Bertz CT molecular complexity index is 1090. The van der Waals surface area contributed by atoms with Crippen LogP contribution in [0.4, 0.5) is 0 Å². The molecule has 0 fully saturated rings. The SMILES string of the molecule is CCOCCn1c(=NC(=O)c2ccco2)sc2cc(S(N)(=O)=O)ccc21. The van der Waals surface area contributed by atoms with Crippen molar-refractivity contribution >= 4 is 37.5 Å². The van der Waals surface area contributed by atoms with Gasteiger partial charge in [-0.15, -0.1) is 0 Å². The maximum Gasteiger partial charge on any atom is 0.315 e. The van der Waals surface area contributed by atoms with Gasteiger partial charge in [0.2, 0.25) is 10.0 Å². The zero-order valence-corrected chi connectivity index (χ0v) is 15.5. The number of primary sulfonamides is 1. The first kappa shape index (κ1) is 18.5. The highest BCUT2D eigenvalue weighted by atomic mass is 32.2. The maximum absolute atomic E-state index is 12.2. The fraction of sp³-hybridized carbons (Fsp3) is 0.250. The van der Waals surface area contributed by atoms with Gasteiger partial charge in [-0.05, 0) is 37.3 Å². The van der Waals surface area contributed by atoms with Gasteiger partial charge in [0.25, 0.3) is 0 Å². The Morgan fingerprint density at radius 1 is 1.38 bits per heavy atom. The van der Waals surface area contributed by atoms with Crippen LogP contribution in [0, 0.1) is 0 Å². The van der Waals surface area contributed by atoms with E-state index in [0.29, 0.717) is 29.3 Å². The monoisotopic (exact) mass is 395 g/mol. The summed E-state index contributed by atoms with van der Waals surface area (Å²) in [5.74, 6) is -0.387. The minimum Gasteiger partial charge on any atom is -0.459 e. The van der Waals surface area contributed by atoms with Crippen molar-refractivity contribution in [3.05, 3.63) is 47.2 Å². The molecule has 0 spiro atoms. The summed E-state index contributed by atoms with van der Waals surface area (Å²) >= 11 is 1.20. The molecule has 1 amide bonds. The molecule has 2 heterocycles. The predicted molar refractivity (Wildman–Crippen MR) is 96.3 cm³/mol. The third-order valence-electron chi connectivity index (χ3n) is 3.58. The number of benzene rings is 1. The van der Waals surface area contributed by atoms with Crippen LogP contribution in [0.2, 0.25) is 0 Å². The first-order valence-electron chi connectivity index (χ1n) is 7.76.